The number of pyridine rings is 1. The van der Waals surface area contributed by atoms with Crippen LogP contribution in [-0.4, -0.2) is 42.5 Å². The maximum absolute atomic E-state index is 12.5. The van der Waals surface area contributed by atoms with Crippen molar-refractivity contribution in [1.82, 2.24) is 9.29 Å². The molecular formula is C13H22N2O3S. The van der Waals surface area contributed by atoms with Crippen LogP contribution in [0.1, 0.15) is 27.2 Å². The summed E-state index contributed by atoms with van der Waals surface area (Å²) < 4.78 is 26.5. The van der Waals surface area contributed by atoms with Crippen LogP contribution >= 0.6 is 0 Å². The zero-order valence-corrected chi connectivity index (χ0v) is 12.5. The molecule has 0 radical (unpaired) electrons. The minimum Gasteiger partial charge on any atom is -0.396 e. The van der Waals surface area contributed by atoms with E-state index in [0.717, 1.165) is 0 Å². The molecule has 5 nitrogen and oxygen atoms in total. The van der Waals surface area contributed by atoms with Gasteiger partial charge >= 0.3 is 0 Å². The van der Waals surface area contributed by atoms with Gasteiger partial charge in [-0.05, 0) is 24.0 Å². The third-order valence-electron chi connectivity index (χ3n) is 2.49. The van der Waals surface area contributed by atoms with Gasteiger partial charge in [-0.25, -0.2) is 8.42 Å². The van der Waals surface area contributed by atoms with Gasteiger partial charge in [-0.15, -0.1) is 0 Å². The zero-order chi connectivity index (χ0) is 14.5. The SMILES string of the molecule is CC(C)(C)CN(CCCO)S(=O)(=O)c1cccnc1. The summed E-state index contributed by atoms with van der Waals surface area (Å²) in [6.45, 7) is 6.64. The lowest BCUT2D eigenvalue weighted by Crippen LogP contribution is -2.38. The third kappa shape index (κ3) is 4.89. The molecule has 0 amide bonds. The first kappa shape index (κ1) is 16.1. The summed E-state index contributed by atoms with van der Waals surface area (Å²) >= 11 is 0. The van der Waals surface area contributed by atoms with Crippen LogP contribution in [0.15, 0.2) is 29.4 Å². The molecular weight excluding hydrogens is 264 g/mol. The summed E-state index contributed by atoms with van der Waals surface area (Å²) in [5, 5.41) is 8.92. The Morgan fingerprint density at radius 3 is 2.53 bits per heavy atom. The number of hydrogen-bond acceptors (Lipinski definition) is 4. The molecule has 1 rings (SSSR count). The highest BCUT2D eigenvalue weighted by molar-refractivity contribution is 7.89. The maximum atomic E-state index is 12.5. The average molecular weight is 286 g/mol. The van der Waals surface area contributed by atoms with Crippen molar-refractivity contribution in [2.45, 2.75) is 32.1 Å². The number of nitrogens with zero attached hydrogens (tertiary/aromatic N) is 2. The lowest BCUT2D eigenvalue weighted by Gasteiger charge is -2.29. The number of aliphatic hydroxyl groups is 1. The molecule has 6 heteroatoms. The molecule has 1 aromatic rings. The van der Waals surface area contributed by atoms with E-state index < -0.39 is 10.0 Å². The molecule has 108 valence electrons. The molecule has 0 saturated heterocycles. The highest BCUT2D eigenvalue weighted by Crippen LogP contribution is 2.21. The van der Waals surface area contributed by atoms with Crippen molar-refractivity contribution in [3.63, 3.8) is 0 Å². The number of rotatable bonds is 6. The number of hydrogen-bond donors (Lipinski definition) is 1. The molecule has 0 aromatic carbocycles. The van der Waals surface area contributed by atoms with E-state index in [-0.39, 0.29) is 16.9 Å². The predicted molar refractivity (Wildman–Crippen MR) is 74.2 cm³/mol. The summed E-state index contributed by atoms with van der Waals surface area (Å²) in [4.78, 5) is 4.05. The van der Waals surface area contributed by atoms with Crippen LogP contribution in [0.2, 0.25) is 0 Å². The fourth-order valence-electron chi connectivity index (χ4n) is 1.71. The first-order chi connectivity index (χ1) is 8.77. The molecule has 0 unspecified atom stereocenters. The van der Waals surface area contributed by atoms with E-state index in [1.807, 2.05) is 20.8 Å². The second-order valence-corrected chi connectivity index (χ2v) is 7.60. The van der Waals surface area contributed by atoms with Crippen LogP contribution in [0.25, 0.3) is 0 Å². The molecule has 0 bridgehead atoms. The monoisotopic (exact) mass is 286 g/mol. The van der Waals surface area contributed by atoms with E-state index in [2.05, 4.69) is 4.98 Å². The molecule has 0 fully saturated rings. The van der Waals surface area contributed by atoms with E-state index in [0.29, 0.717) is 19.5 Å². The largest absolute Gasteiger partial charge is 0.396 e. The maximum Gasteiger partial charge on any atom is 0.244 e. The zero-order valence-electron chi connectivity index (χ0n) is 11.7. The molecule has 0 aliphatic carbocycles. The molecule has 0 atom stereocenters. The molecule has 1 heterocycles. The molecule has 0 aliphatic heterocycles. The van der Waals surface area contributed by atoms with E-state index in [9.17, 15) is 8.42 Å². The molecule has 0 spiro atoms. The standard InChI is InChI=1S/C13H22N2O3S/c1-13(2,3)11-15(8-5-9-16)19(17,18)12-6-4-7-14-10-12/h4,6-7,10,16H,5,8-9,11H2,1-3H3. The van der Waals surface area contributed by atoms with Crippen LogP contribution in [-0.2, 0) is 10.0 Å². The van der Waals surface area contributed by atoms with Crippen molar-refractivity contribution in [3.8, 4) is 0 Å². The van der Waals surface area contributed by atoms with E-state index in [1.165, 1.54) is 16.6 Å². The molecule has 19 heavy (non-hydrogen) atoms. The normalized spacial score (nSPS) is 12.9. The van der Waals surface area contributed by atoms with Gasteiger partial charge in [-0.3, -0.25) is 4.98 Å². The summed E-state index contributed by atoms with van der Waals surface area (Å²) in [5.74, 6) is 0. The average Bonchev–Trinajstić information content (AvgIpc) is 2.34. The van der Waals surface area contributed by atoms with Crippen molar-refractivity contribution in [1.29, 1.82) is 0 Å². The number of aliphatic hydroxyl groups excluding tert-OH is 1. The van der Waals surface area contributed by atoms with E-state index in [4.69, 9.17) is 5.11 Å². The Balaban J connectivity index is 3.02. The third-order valence-corrected chi connectivity index (χ3v) is 4.32. The summed E-state index contributed by atoms with van der Waals surface area (Å²) in [7, 11) is -3.55. The van der Waals surface area contributed by atoms with Crippen molar-refractivity contribution < 1.29 is 13.5 Å². The van der Waals surface area contributed by atoms with Gasteiger partial charge in [0, 0.05) is 32.1 Å². The number of aromatic nitrogens is 1. The van der Waals surface area contributed by atoms with Crippen LogP contribution < -0.4 is 0 Å². The van der Waals surface area contributed by atoms with Gasteiger partial charge in [0.1, 0.15) is 4.90 Å². The van der Waals surface area contributed by atoms with Gasteiger partial charge in [-0.1, -0.05) is 20.8 Å². The Hall–Kier alpha value is -0.980. The van der Waals surface area contributed by atoms with Crippen LogP contribution in [0, 0.1) is 5.41 Å². The Morgan fingerprint density at radius 2 is 2.05 bits per heavy atom. The molecule has 1 aromatic heterocycles. The summed E-state index contributed by atoms with van der Waals surface area (Å²) in [5.41, 5.74) is -0.148. The van der Waals surface area contributed by atoms with Crippen LogP contribution in [0.5, 0.6) is 0 Å². The molecule has 1 N–H and O–H groups in total. The minimum absolute atomic E-state index is 0.0246. The summed E-state index contributed by atoms with van der Waals surface area (Å²) in [6.07, 6.45) is 3.32. The fourth-order valence-corrected chi connectivity index (χ4v) is 3.38. The van der Waals surface area contributed by atoms with Gasteiger partial charge in [0.25, 0.3) is 0 Å². The minimum atomic E-state index is -3.55. The Morgan fingerprint density at radius 1 is 1.37 bits per heavy atom. The highest BCUT2D eigenvalue weighted by atomic mass is 32.2. The smallest absolute Gasteiger partial charge is 0.244 e. The molecule has 0 aliphatic rings. The van der Waals surface area contributed by atoms with Gasteiger partial charge in [0.15, 0.2) is 0 Å². The van der Waals surface area contributed by atoms with Gasteiger partial charge < -0.3 is 5.11 Å². The van der Waals surface area contributed by atoms with E-state index in [1.54, 1.807) is 12.3 Å². The first-order valence-electron chi connectivity index (χ1n) is 6.28. The highest BCUT2D eigenvalue weighted by Gasteiger charge is 2.28. The summed E-state index contributed by atoms with van der Waals surface area (Å²) in [6, 6.07) is 3.14. The Labute approximate surface area is 115 Å². The topological polar surface area (TPSA) is 70.5 Å². The van der Waals surface area contributed by atoms with E-state index >= 15 is 0 Å². The fraction of sp³-hybridized carbons (Fsp3) is 0.615. The van der Waals surface area contributed by atoms with Gasteiger partial charge in [0.05, 0.1) is 0 Å². The molecule has 0 saturated carbocycles. The van der Waals surface area contributed by atoms with Crippen molar-refractivity contribution in [2.75, 3.05) is 19.7 Å². The van der Waals surface area contributed by atoms with Crippen molar-refractivity contribution >= 4 is 10.0 Å². The van der Waals surface area contributed by atoms with Crippen LogP contribution in [0.3, 0.4) is 0 Å². The Kier molecular flexibility index (Phi) is 5.46. The quantitative estimate of drug-likeness (QED) is 0.860. The lowest BCUT2D eigenvalue weighted by molar-refractivity contribution is 0.241. The van der Waals surface area contributed by atoms with Crippen molar-refractivity contribution in [2.24, 2.45) is 5.41 Å². The van der Waals surface area contributed by atoms with Gasteiger partial charge in [-0.2, -0.15) is 4.31 Å². The number of sulfonamides is 1. The van der Waals surface area contributed by atoms with Gasteiger partial charge in [0.2, 0.25) is 10.0 Å². The second-order valence-electron chi connectivity index (χ2n) is 5.67. The second kappa shape index (κ2) is 6.45. The first-order valence-corrected chi connectivity index (χ1v) is 7.72. The van der Waals surface area contributed by atoms with Crippen molar-refractivity contribution in [3.05, 3.63) is 24.5 Å². The van der Waals surface area contributed by atoms with Crippen LogP contribution in [0.4, 0.5) is 0 Å². The Bertz CT molecular complexity index is 480. The lowest BCUT2D eigenvalue weighted by atomic mass is 9.97. The predicted octanol–water partition coefficient (Wildman–Crippen LogP) is 1.50.